The second-order valence-electron chi connectivity index (χ2n) is 4.82. The standard InChI is InChI=1S/C13H15F4NO/c1-8(19)12-10(14)3-2-4-11(12)18(9-5-6-9)7-13(15,16)17/h2-4,8-9,19H,5-7H2,1H3/t8-/m0/s1. The summed E-state index contributed by atoms with van der Waals surface area (Å²) >= 11 is 0. The van der Waals surface area contributed by atoms with E-state index in [2.05, 4.69) is 0 Å². The van der Waals surface area contributed by atoms with Gasteiger partial charge in [-0.25, -0.2) is 4.39 Å². The lowest BCUT2D eigenvalue weighted by atomic mass is 10.1. The van der Waals surface area contributed by atoms with Crippen molar-refractivity contribution in [2.24, 2.45) is 0 Å². The average Bonchev–Trinajstić information content (AvgIpc) is 3.07. The van der Waals surface area contributed by atoms with E-state index in [0.717, 1.165) is 11.0 Å². The highest BCUT2D eigenvalue weighted by Crippen LogP contribution is 2.38. The van der Waals surface area contributed by atoms with Gasteiger partial charge in [0.05, 0.1) is 6.10 Å². The molecule has 0 heterocycles. The largest absolute Gasteiger partial charge is 0.405 e. The number of nitrogens with zero attached hydrogens (tertiary/aromatic N) is 1. The molecule has 0 saturated heterocycles. The molecule has 0 amide bonds. The summed E-state index contributed by atoms with van der Waals surface area (Å²) in [5, 5.41) is 9.59. The third-order valence-corrected chi connectivity index (χ3v) is 3.09. The first kappa shape index (κ1) is 14.1. The predicted octanol–water partition coefficient (Wildman–Crippen LogP) is 3.41. The Labute approximate surface area is 108 Å². The first-order valence-corrected chi connectivity index (χ1v) is 6.09. The summed E-state index contributed by atoms with van der Waals surface area (Å²) in [7, 11) is 0. The van der Waals surface area contributed by atoms with Crippen LogP contribution in [0.3, 0.4) is 0 Å². The SMILES string of the molecule is C[C@H](O)c1c(F)cccc1N(CC(F)(F)F)C1CC1. The van der Waals surface area contributed by atoms with E-state index in [1.807, 2.05) is 0 Å². The fraction of sp³-hybridized carbons (Fsp3) is 0.538. The van der Waals surface area contributed by atoms with Gasteiger partial charge in [0.25, 0.3) is 0 Å². The molecular formula is C13H15F4NO. The second-order valence-corrected chi connectivity index (χ2v) is 4.82. The smallest absolute Gasteiger partial charge is 0.389 e. The number of aliphatic hydroxyl groups is 1. The van der Waals surface area contributed by atoms with E-state index in [9.17, 15) is 22.7 Å². The zero-order chi connectivity index (χ0) is 14.2. The Balaban J connectivity index is 2.39. The minimum absolute atomic E-state index is 0.0707. The molecule has 0 aromatic heterocycles. The van der Waals surface area contributed by atoms with Gasteiger partial charge in [0.1, 0.15) is 12.4 Å². The van der Waals surface area contributed by atoms with Crippen LogP contribution >= 0.6 is 0 Å². The van der Waals surface area contributed by atoms with Gasteiger partial charge in [-0.15, -0.1) is 0 Å². The number of aliphatic hydroxyl groups excluding tert-OH is 1. The molecule has 0 bridgehead atoms. The molecule has 1 N–H and O–H groups in total. The minimum Gasteiger partial charge on any atom is -0.389 e. The van der Waals surface area contributed by atoms with Crippen LogP contribution in [0.1, 0.15) is 31.4 Å². The first-order chi connectivity index (χ1) is 8.79. The van der Waals surface area contributed by atoms with Crippen molar-refractivity contribution < 1.29 is 22.7 Å². The van der Waals surface area contributed by atoms with Crippen LogP contribution in [0.4, 0.5) is 23.2 Å². The Morgan fingerprint density at radius 1 is 1.37 bits per heavy atom. The predicted molar refractivity (Wildman–Crippen MR) is 63.5 cm³/mol. The molecule has 0 spiro atoms. The molecule has 1 aromatic carbocycles. The van der Waals surface area contributed by atoms with Gasteiger partial charge in [0.2, 0.25) is 0 Å². The van der Waals surface area contributed by atoms with Gasteiger partial charge in [-0.05, 0) is 31.9 Å². The van der Waals surface area contributed by atoms with Gasteiger partial charge >= 0.3 is 6.18 Å². The molecule has 0 radical (unpaired) electrons. The van der Waals surface area contributed by atoms with Crippen molar-refractivity contribution in [3.05, 3.63) is 29.6 Å². The monoisotopic (exact) mass is 277 g/mol. The van der Waals surface area contributed by atoms with Crippen LogP contribution in [0.2, 0.25) is 0 Å². The van der Waals surface area contributed by atoms with Crippen LogP contribution in [0.25, 0.3) is 0 Å². The van der Waals surface area contributed by atoms with E-state index in [-0.39, 0.29) is 17.3 Å². The second kappa shape index (κ2) is 5.00. The van der Waals surface area contributed by atoms with Gasteiger partial charge < -0.3 is 10.0 Å². The highest BCUT2D eigenvalue weighted by molar-refractivity contribution is 5.57. The molecule has 1 fully saturated rings. The summed E-state index contributed by atoms with van der Waals surface area (Å²) in [5.74, 6) is -0.680. The van der Waals surface area contributed by atoms with Crippen molar-refractivity contribution in [1.29, 1.82) is 0 Å². The van der Waals surface area contributed by atoms with E-state index in [0.29, 0.717) is 12.8 Å². The highest BCUT2D eigenvalue weighted by Gasteiger charge is 2.39. The molecule has 6 heteroatoms. The van der Waals surface area contributed by atoms with Crippen molar-refractivity contribution in [2.45, 2.75) is 38.1 Å². The Bertz CT molecular complexity index is 454. The van der Waals surface area contributed by atoms with E-state index < -0.39 is 24.6 Å². The molecule has 1 saturated carbocycles. The normalized spacial score (nSPS) is 17.4. The lowest BCUT2D eigenvalue weighted by Crippen LogP contribution is -2.36. The van der Waals surface area contributed by atoms with Crippen LogP contribution in [0.5, 0.6) is 0 Å². The molecule has 1 atom stereocenters. The zero-order valence-electron chi connectivity index (χ0n) is 10.4. The zero-order valence-corrected chi connectivity index (χ0v) is 10.4. The lowest BCUT2D eigenvalue weighted by molar-refractivity contribution is -0.120. The Hall–Kier alpha value is -1.30. The Kier molecular flexibility index (Phi) is 3.71. The van der Waals surface area contributed by atoms with Crippen molar-refractivity contribution in [3.63, 3.8) is 0 Å². The molecular weight excluding hydrogens is 262 g/mol. The van der Waals surface area contributed by atoms with Crippen molar-refractivity contribution in [2.75, 3.05) is 11.4 Å². The molecule has 1 aliphatic rings. The number of halogens is 4. The first-order valence-electron chi connectivity index (χ1n) is 6.09. The van der Waals surface area contributed by atoms with E-state index in [4.69, 9.17) is 0 Å². The Morgan fingerprint density at radius 3 is 2.47 bits per heavy atom. The maximum atomic E-state index is 13.7. The van der Waals surface area contributed by atoms with Crippen molar-refractivity contribution in [1.82, 2.24) is 0 Å². The summed E-state index contributed by atoms with van der Waals surface area (Å²) in [6.07, 6.45) is -4.19. The third kappa shape index (κ3) is 3.37. The van der Waals surface area contributed by atoms with E-state index in [1.54, 1.807) is 0 Å². The van der Waals surface area contributed by atoms with Crippen molar-refractivity contribution >= 4 is 5.69 Å². The van der Waals surface area contributed by atoms with Crippen LogP contribution in [0.15, 0.2) is 18.2 Å². The number of rotatable bonds is 4. The summed E-state index contributed by atoms with van der Waals surface area (Å²) in [4.78, 5) is 1.14. The fourth-order valence-electron chi connectivity index (χ4n) is 2.18. The molecule has 19 heavy (non-hydrogen) atoms. The van der Waals surface area contributed by atoms with Crippen molar-refractivity contribution in [3.8, 4) is 0 Å². The number of hydrogen-bond donors (Lipinski definition) is 1. The van der Waals surface area contributed by atoms with Crippen LogP contribution in [-0.4, -0.2) is 23.9 Å². The summed E-state index contributed by atoms with van der Waals surface area (Å²) in [5.41, 5.74) is 0.0634. The van der Waals surface area contributed by atoms with Crippen LogP contribution < -0.4 is 4.90 Å². The Morgan fingerprint density at radius 2 is 2.00 bits per heavy atom. The van der Waals surface area contributed by atoms with E-state index in [1.165, 1.54) is 19.1 Å². The maximum Gasteiger partial charge on any atom is 0.405 e. The van der Waals surface area contributed by atoms with Gasteiger partial charge in [-0.3, -0.25) is 0 Å². The molecule has 106 valence electrons. The molecule has 0 unspecified atom stereocenters. The summed E-state index contributed by atoms with van der Waals surface area (Å²) < 4.78 is 51.6. The number of benzene rings is 1. The van der Waals surface area contributed by atoms with Crippen LogP contribution in [-0.2, 0) is 0 Å². The third-order valence-electron chi connectivity index (χ3n) is 3.09. The van der Waals surface area contributed by atoms with Gasteiger partial charge in [0.15, 0.2) is 0 Å². The highest BCUT2D eigenvalue weighted by atomic mass is 19.4. The topological polar surface area (TPSA) is 23.5 Å². The minimum atomic E-state index is -4.36. The lowest BCUT2D eigenvalue weighted by Gasteiger charge is -2.29. The van der Waals surface area contributed by atoms with Gasteiger partial charge in [-0.2, -0.15) is 13.2 Å². The fourth-order valence-corrected chi connectivity index (χ4v) is 2.18. The quantitative estimate of drug-likeness (QED) is 0.852. The maximum absolute atomic E-state index is 13.7. The van der Waals surface area contributed by atoms with Gasteiger partial charge in [0, 0.05) is 17.3 Å². The molecule has 2 rings (SSSR count). The number of hydrogen-bond acceptors (Lipinski definition) is 2. The number of alkyl halides is 3. The summed E-state index contributed by atoms with van der Waals surface area (Å²) in [6.45, 7) is 0.224. The molecule has 2 nitrogen and oxygen atoms in total. The van der Waals surface area contributed by atoms with Crippen LogP contribution in [0, 0.1) is 5.82 Å². The van der Waals surface area contributed by atoms with E-state index >= 15 is 0 Å². The van der Waals surface area contributed by atoms with Gasteiger partial charge in [-0.1, -0.05) is 6.07 Å². The molecule has 0 aliphatic heterocycles. The molecule has 1 aromatic rings. The average molecular weight is 277 g/mol. The number of anilines is 1. The summed E-state index contributed by atoms with van der Waals surface area (Å²) in [6, 6.07) is 3.71. The molecule has 1 aliphatic carbocycles.